The highest BCUT2D eigenvalue weighted by atomic mass is 79.9. The van der Waals surface area contributed by atoms with E-state index in [1.54, 1.807) is 18.2 Å². The first kappa shape index (κ1) is 20.6. The second-order valence-electron chi connectivity index (χ2n) is 5.45. The number of nitrogens with one attached hydrogen (secondary N) is 1. The van der Waals surface area contributed by atoms with Gasteiger partial charge in [0.05, 0.1) is 15.2 Å². The predicted octanol–water partition coefficient (Wildman–Crippen LogP) is 7.05. The van der Waals surface area contributed by atoms with Crippen LogP contribution in [0.4, 0.5) is 5.69 Å². The number of amides is 1. The van der Waals surface area contributed by atoms with Gasteiger partial charge in [-0.3, -0.25) is 4.79 Å². The fraction of sp³-hybridized carbons (Fsp3) is 0. The number of carbonyl (C=O) groups is 1. The number of carbonyl (C=O) groups excluding carboxylic acids is 1. The second kappa shape index (κ2) is 9.35. The van der Waals surface area contributed by atoms with Gasteiger partial charge >= 0.3 is 0 Å². The lowest BCUT2D eigenvalue weighted by atomic mass is 10.2. The van der Waals surface area contributed by atoms with Crippen LogP contribution < -0.4 is 5.32 Å². The van der Waals surface area contributed by atoms with E-state index in [4.69, 9.17) is 27.6 Å². The van der Waals surface area contributed by atoms with Crippen LogP contribution >= 0.6 is 50.9 Å². The lowest BCUT2D eigenvalue weighted by Crippen LogP contribution is -2.13. The first-order valence-corrected chi connectivity index (χ1v) is 10.2. The summed E-state index contributed by atoms with van der Waals surface area (Å²) in [6, 6.07) is 17.9. The molecule has 0 bridgehead atoms. The van der Waals surface area contributed by atoms with E-state index in [0.717, 1.165) is 9.37 Å². The van der Waals surface area contributed by atoms with Gasteiger partial charge in [-0.25, -0.2) is 0 Å². The third-order valence-corrected chi connectivity index (χ3v) is 5.87. The summed E-state index contributed by atoms with van der Waals surface area (Å²) < 4.78 is 6.48. The molecule has 0 fully saturated rings. The molecule has 0 aliphatic heterocycles. The zero-order valence-corrected chi connectivity index (χ0v) is 18.0. The van der Waals surface area contributed by atoms with Crippen LogP contribution in [0, 0.1) is 11.3 Å². The fourth-order valence-electron chi connectivity index (χ4n) is 2.18. The van der Waals surface area contributed by atoms with Crippen LogP contribution in [0.25, 0.3) is 6.08 Å². The maximum Gasteiger partial charge on any atom is 0.266 e. The van der Waals surface area contributed by atoms with Crippen LogP contribution in [0.15, 0.2) is 79.0 Å². The van der Waals surface area contributed by atoms with Gasteiger partial charge in [0.15, 0.2) is 5.09 Å². The minimum Gasteiger partial charge on any atom is -0.449 e. The SMILES string of the molecule is N#C/C(=C/c1cc(Br)c(Sc2ccccc2)o1)C(=O)Nc1cc(Cl)ccc1Cl. The van der Waals surface area contributed by atoms with Gasteiger partial charge < -0.3 is 9.73 Å². The fourth-order valence-corrected chi connectivity index (χ4v) is 3.87. The van der Waals surface area contributed by atoms with Gasteiger partial charge in [-0.05, 0) is 52.3 Å². The molecule has 0 saturated carbocycles. The molecule has 0 atom stereocenters. The molecular weight excluding hydrogens is 483 g/mol. The Balaban J connectivity index is 1.80. The lowest BCUT2D eigenvalue weighted by Gasteiger charge is -2.06. The topological polar surface area (TPSA) is 66.0 Å². The Kier molecular flexibility index (Phi) is 6.87. The zero-order valence-electron chi connectivity index (χ0n) is 14.1. The maximum atomic E-state index is 12.4. The molecule has 3 aromatic rings. The Morgan fingerprint density at radius 2 is 1.93 bits per heavy atom. The predicted molar refractivity (Wildman–Crippen MR) is 116 cm³/mol. The molecule has 0 aliphatic carbocycles. The summed E-state index contributed by atoms with van der Waals surface area (Å²) >= 11 is 16.8. The molecule has 0 aliphatic rings. The molecule has 4 nitrogen and oxygen atoms in total. The summed E-state index contributed by atoms with van der Waals surface area (Å²) in [5.74, 6) is -0.245. The Morgan fingerprint density at radius 3 is 2.64 bits per heavy atom. The van der Waals surface area contributed by atoms with E-state index in [9.17, 15) is 10.1 Å². The highest BCUT2D eigenvalue weighted by molar-refractivity contribution is 9.10. The van der Waals surface area contributed by atoms with Crippen LogP contribution in [0.3, 0.4) is 0 Å². The van der Waals surface area contributed by atoms with E-state index < -0.39 is 5.91 Å². The van der Waals surface area contributed by atoms with Crippen molar-refractivity contribution in [3.05, 3.63) is 80.4 Å². The molecule has 8 heteroatoms. The molecule has 0 spiro atoms. The molecule has 0 radical (unpaired) electrons. The quantitative estimate of drug-likeness (QED) is 0.305. The van der Waals surface area contributed by atoms with E-state index in [1.165, 1.54) is 23.9 Å². The monoisotopic (exact) mass is 492 g/mol. The average Bonchev–Trinajstić information content (AvgIpc) is 3.02. The third-order valence-electron chi connectivity index (χ3n) is 3.46. The van der Waals surface area contributed by atoms with Gasteiger partial charge in [-0.2, -0.15) is 5.26 Å². The number of nitriles is 1. The van der Waals surface area contributed by atoms with Crippen LogP contribution in [0.1, 0.15) is 5.76 Å². The van der Waals surface area contributed by atoms with Gasteiger partial charge in [-0.15, -0.1) is 0 Å². The molecule has 140 valence electrons. The van der Waals surface area contributed by atoms with Crippen molar-refractivity contribution >= 4 is 68.6 Å². The summed E-state index contributed by atoms with van der Waals surface area (Å²) in [6.45, 7) is 0. The number of rotatable bonds is 5. The summed E-state index contributed by atoms with van der Waals surface area (Å²) in [6.07, 6.45) is 1.37. The van der Waals surface area contributed by atoms with Crippen molar-refractivity contribution in [3.63, 3.8) is 0 Å². The summed E-state index contributed by atoms with van der Waals surface area (Å²) in [4.78, 5) is 13.4. The van der Waals surface area contributed by atoms with Crippen LogP contribution in [-0.2, 0) is 4.79 Å². The summed E-state index contributed by atoms with van der Waals surface area (Å²) in [5, 5.41) is 13.3. The van der Waals surface area contributed by atoms with Crippen molar-refractivity contribution in [1.82, 2.24) is 0 Å². The van der Waals surface area contributed by atoms with Crippen molar-refractivity contribution in [2.45, 2.75) is 9.99 Å². The standard InChI is InChI=1S/C20H11BrCl2N2O2S/c21-16-10-14(27-20(16)28-15-4-2-1-3-5-15)8-12(11-24)19(26)25-18-9-13(22)6-7-17(18)23/h1-10H,(H,25,26)/b12-8-. The van der Waals surface area contributed by atoms with E-state index >= 15 is 0 Å². The maximum absolute atomic E-state index is 12.4. The minimum atomic E-state index is -0.614. The second-order valence-corrected chi connectivity index (χ2v) is 8.19. The molecule has 1 aromatic heterocycles. The number of anilines is 1. The van der Waals surface area contributed by atoms with Crippen molar-refractivity contribution in [2.75, 3.05) is 5.32 Å². The number of benzene rings is 2. The summed E-state index contributed by atoms with van der Waals surface area (Å²) in [7, 11) is 0. The number of nitrogens with zero attached hydrogens (tertiary/aromatic N) is 1. The first-order chi connectivity index (χ1) is 13.5. The Morgan fingerprint density at radius 1 is 1.18 bits per heavy atom. The van der Waals surface area contributed by atoms with Crippen molar-refractivity contribution in [3.8, 4) is 6.07 Å². The third kappa shape index (κ3) is 5.21. The van der Waals surface area contributed by atoms with E-state index in [0.29, 0.717) is 26.6 Å². The lowest BCUT2D eigenvalue weighted by molar-refractivity contribution is -0.112. The van der Waals surface area contributed by atoms with E-state index in [1.807, 2.05) is 36.4 Å². The summed E-state index contributed by atoms with van der Waals surface area (Å²) in [5.41, 5.74) is 0.190. The average molecular weight is 494 g/mol. The van der Waals surface area contributed by atoms with Crippen molar-refractivity contribution in [2.24, 2.45) is 0 Å². The zero-order chi connectivity index (χ0) is 20.1. The van der Waals surface area contributed by atoms with Crippen LogP contribution in [0.5, 0.6) is 0 Å². The highest BCUT2D eigenvalue weighted by Gasteiger charge is 2.15. The Labute approximate surface area is 184 Å². The molecular formula is C20H11BrCl2N2O2S. The molecule has 3 rings (SSSR count). The number of furan rings is 1. The molecule has 1 heterocycles. The van der Waals surface area contributed by atoms with E-state index in [2.05, 4.69) is 21.2 Å². The van der Waals surface area contributed by atoms with Gasteiger partial charge in [0.1, 0.15) is 17.4 Å². The molecule has 0 unspecified atom stereocenters. The molecule has 0 saturated heterocycles. The van der Waals surface area contributed by atoms with Gasteiger partial charge in [0.2, 0.25) is 0 Å². The Hall–Kier alpha value is -2.17. The molecule has 1 amide bonds. The minimum absolute atomic E-state index is 0.131. The smallest absolute Gasteiger partial charge is 0.266 e. The van der Waals surface area contributed by atoms with Crippen LogP contribution in [-0.4, -0.2) is 5.91 Å². The Bertz CT molecular complexity index is 1090. The van der Waals surface area contributed by atoms with E-state index in [-0.39, 0.29) is 5.57 Å². The van der Waals surface area contributed by atoms with Gasteiger partial charge in [-0.1, -0.05) is 53.2 Å². The van der Waals surface area contributed by atoms with Crippen molar-refractivity contribution < 1.29 is 9.21 Å². The van der Waals surface area contributed by atoms with Gasteiger partial charge in [0, 0.05) is 16.0 Å². The number of halogens is 3. The first-order valence-electron chi connectivity index (χ1n) is 7.86. The van der Waals surface area contributed by atoms with Crippen molar-refractivity contribution in [1.29, 1.82) is 5.26 Å². The molecule has 28 heavy (non-hydrogen) atoms. The molecule has 2 aromatic carbocycles. The number of hydrogen-bond donors (Lipinski definition) is 1. The molecule has 1 N–H and O–H groups in total. The highest BCUT2D eigenvalue weighted by Crippen LogP contribution is 2.36. The van der Waals surface area contributed by atoms with Gasteiger partial charge in [0.25, 0.3) is 5.91 Å². The normalized spacial score (nSPS) is 11.1. The van der Waals surface area contributed by atoms with Crippen LogP contribution in [0.2, 0.25) is 10.0 Å². The largest absolute Gasteiger partial charge is 0.449 e. The number of hydrogen-bond acceptors (Lipinski definition) is 4.